The molecule has 1 amide bonds. The van der Waals surface area contributed by atoms with Crippen LogP contribution in [0.3, 0.4) is 0 Å². The van der Waals surface area contributed by atoms with Crippen LogP contribution in [0.5, 0.6) is 5.75 Å². The first kappa shape index (κ1) is 31.7. The van der Waals surface area contributed by atoms with Crippen molar-refractivity contribution in [1.82, 2.24) is 4.90 Å². The number of nitrogens with zero attached hydrogens (tertiary/aromatic N) is 1. The molecule has 0 spiro atoms. The maximum atomic E-state index is 14.1. The fraction of sp³-hybridized carbons (Fsp3) is 0.500. The summed E-state index contributed by atoms with van der Waals surface area (Å²) in [5.74, 6) is -12.4. The first-order valence-electron chi connectivity index (χ1n) is 15.1. The van der Waals surface area contributed by atoms with E-state index in [0.29, 0.717) is 17.5 Å². The number of phenols is 1. The number of phenolic OH excluding ortho intramolecular Hbond substituents is 1. The molecule has 3 aliphatic carbocycles. The summed E-state index contributed by atoms with van der Waals surface area (Å²) in [4.78, 5) is 68.3. The molecule has 44 heavy (non-hydrogen) atoms. The van der Waals surface area contributed by atoms with E-state index >= 15 is 0 Å². The molecule has 2 saturated carbocycles. The molecule has 7 atom stereocenters. The van der Waals surface area contributed by atoms with Gasteiger partial charge < -0.3 is 21.1 Å². The lowest BCUT2D eigenvalue weighted by Crippen LogP contribution is -2.77. The molecular weight excluding hydrogens is 564 g/mol. The van der Waals surface area contributed by atoms with Crippen LogP contribution in [0.4, 0.5) is 0 Å². The molecule has 0 radical (unpaired) electrons. The van der Waals surface area contributed by atoms with Crippen LogP contribution in [-0.2, 0) is 37.4 Å². The number of hydrogen-bond acceptors (Lipinski definition) is 9. The maximum absolute atomic E-state index is 14.1. The summed E-state index contributed by atoms with van der Waals surface area (Å²) in [5.41, 5.74) is 3.97. The number of aliphatic hydroxyl groups excluding tert-OH is 1. The van der Waals surface area contributed by atoms with E-state index in [1.165, 1.54) is 24.6 Å². The van der Waals surface area contributed by atoms with Crippen molar-refractivity contribution in [3.05, 3.63) is 64.7 Å². The highest BCUT2D eigenvalue weighted by Gasteiger charge is 2.72. The number of rotatable bonds is 8. The smallest absolute Gasteiger partial charge is 0.235 e. The minimum absolute atomic E-state index is 0.00164. The largest absolute Gasteiger partial charge is 0.507 e. The Bertz CT molecular complexity index is 1530. The predicted octanol–water partition coefficient (Wildman–Crippen LogP) is 1.53. The summed E-state index contributed by atoms with van der Waals surface area (Å²) >= 11 is 0. The van der Waals surface area contributed by atoms with Gasteiger partial charge in [-0.05, 0) is 56.3 Å². The van der Waals surface area contributed by atoms with Gasteiger partial charge in [0.1, 0.15) is 5.75 Å². The van der Waals surface area contributed by atoms with Crippen LogP contribution in [0.25, 0.3) is 0 Å². The quantitative estimate of drug-likeness (QED) is 0.257. The van der Waals surface area contributed by atoms with Crippen molar-refractivity contribution in [2.45, 2.75) is 69.1 Å². The monoisotopic (exact) mass is 604 g/mol. The minimum Gasteiger partial charge on any atom is -0.507 e. The Labute approximate surface area is 256 Å². The standard InChI is InChI=1S/C34H40N2O8/c1-33(2,15-9-8-12-17-10-6-5-7-11-17)20-14-13-18-16-19-22(28(39)21(18)27(20)38)30(41)34(44)24(26(19)37)25(36(3)4)29(40)23(31(34)42)32(35)43/h5-7,10-11,13-14,19,22-26,37-38,44H,8-9,12,15-16H2,1-4H3,(H2,35,43)/t19-,22?,23?,24-,25+,26+,34+/m0/s1. The van der Waals surface area contributed by atoms with Gasteiger partial charge in [0.25, 0.3) is 0 Å². The summed E-state index contributed by atoms with van der Waals surface area (Å²) in [6.07, 6.45) is 1.80. The molecule has 3 aliphatic rings. The fourth-order valence-corrected chi connectivity index (χ4v) is 7.81. The highest BCUT2D eigenvalue weighted by atomic mass is 16.3. The second-order valence-corrected chi connectivity index (χ2v) is 13.4. The number of primary amides is 1. The van der Waals surface area contributed by atoms with Gasteiger partial charge >= 0.3 is 0 Å². The van der Waals surface area contributed by atoms with Crippen LogP contribution in [0.2, 0.25) is 0 Å². The fourth-order valence-electron chi connectivity index (χ4n) is 7.81. The molecule has 2 unspecified atom stereocenters. The third kappa shape index (κ3) is 4.80. The SMILES string of the molecule is CN(C)[C@H]1C(=O)C(C(N)=O)C(=O)[C@]2(O)C(=O)C3C(=O)c4c(ccc(C(C)(C)CCCCc5ccccc5)c4O)C[C@@H]3[C@@H](O)[C@H]12. The summed E-state index contributed by atoms with van der Waals surface area (Å²) < 4.78 is 0. The molecule has 2 aromatic carbocycles. The second-order valence-electron chi connectivity index (χ2n) is 13.4. The highest BCUT2D eigenvalue weighted by Crippen LogP contribution is 2.51. The summed E-state index contributed by atoms with van der Waals surface area (Å²) in [5, 5.41) is 34.8. The Morgan fingerprint density at radius 2 is 1.68 bits per heavy atom. The number of aryl methyl sites for hydroxylation is 1. The van der Waals surface area contributed by atoms with Crippen molar-refractivity contribution in [2.24, 2.45) is 29.4 Å². The van der Waals surface area contributed by atoms with E-state index in [-0.39, 0.29) is 17.7 Å². The Kier molecular flexibility index (Phi) is 8.15. The first-order chi connectivity index (χ1) is 20.6. The highest BCUT2D eigenvalue weighted by molar-refractivity contribution is 6.32. The number of unbranched alkanes of at least 4 members (excludes halogenated alkanes) is 1. The van der Waals surface area contributed by atoms with Crippen LogP contribution in [0.1, 0.15) is 60.2 Å². The molecule has 234 valence electrons. The molecule has 10 heteroatoms. The normalized spacial score (nSPS) is 30.2. The number of Topliss-reactive ketones (excluding diaryl/α,β-unsaturated/α-hetero) is 4. The average molecular weight is 605 g/mol. The van der Waals surface area contributed by atoms with Crippen molar-refractivity contribution < 1.29 is 39.3 Å². The first-order valence-corrected chi connectivity index (χ1v) is 15.1. The molecule has 0 aromatic heterocycles. The lowest BCUT2D eigenvalue weighted by Gasteiger charge is -2.54. The molecule has 0 heterocycles. The number of likely N-dealkylation sites (N-methyl/N-ethyl adjacent to an activating group) is 1. The van der Waals surface area contributed by atoms with Gasteiger partial charge in [-0.2, -0.15) is 0 Å². The molecule has 10 nitrogen and oxygen atoms in total. The lowest BCUT2D eigenvalue weighted by molar-refractivity contribution is -0.195. The number of aliphatic hydroxyl groups is 2. The van der Waals surface area contributed by atoms with Gasteiger partial charge in [-0.15, -0.1) is 0 Å². The second kappa shape index (κ2) is 11.3. The van der Waals surface area contributed by atoms with Crippen molar-refractivity contribution in [3.8, 4) is 5.75 Å². The van der Waals surface area contributed by atoms with Gasteiger partial charge in [-0.1, -0.05) is 62.7 Å². The number of amides is 1. The number of fused-ring (bicyclic) bond motifs is 3. The zero-order chi connectivity index (χ0) is 32.3. The van der Waals surface area contributed by atoms with Crippen LogP contribution < -0.4 is 5.73 Å². The van der Waals surface area contributed by atoms with E-state index < -0.39 is 75.9 Å². The third-order valence-electron chi connectivity index (χ3n) is 10.1. The van der Waals surface area contributed by atoms with E-state index in [1.807, 2.05) is 32.0 Å². The number of nitrogens with two attached hydrogens (primary N) is 1. The summed E-state index contributed by atoms with van der Waals surface area (Å²) in [6, 6.07) is 12.2. The van der Waals surface area contributed by atoms with Gasteiger partial charge in [-0.25, -0.2) is 0 Å². The Morgan fingerprint density at radius 1 is 1.02 bits per heavy atom. The minimum atomic E-state index is -3.00. The van der Waals surface area contributed by atoms with E-state index in [1.54, 1.807) is 12.1 Å². The van der Waals surface area contributed by atoms with Crippen LogP contribution >= 0.6 is 0 Å². The van der Waals surface area contributed by atoms with Crippen molar-refractivity contribution >= 4 is 29.0 Å². The average Bonchev–Trinajstić information content (AvgIpc) is 2.95. The molecule has 5 N–H and O–H groups in total. The molecule has 5 rings (SSSR count). The number of ketones is 4. The van der Waals surface area contributed by atoms with Crippen molar-refractivity contribution in [3.63, 3.8) is 0 Å². The summed E-state index contributed by atoms with van der Waals surface area (Å²) in [6.45, 7) is 3.94. The zero-order valence-electron chi connectivity index (χ0n) is 25.4. The molecule has 0 aliphatic heterocycles. The van der Waals surface area contributed by atoms with E-state index in [2.05, 4.69) is 12.1 Å². The van der Waals surface area contributed by atoms with Gasteiger partial charge in [0.15, 0.2) is 34.7 Å². The number of benzene rings is 2. The predicted molar refractivity (Wildman–Crippen MR) is 160 cm³/mol. The summed E-state index contributed by atoms with van der Waals surface area (Å²) in [7, 11) is 2.93. The van der Waals surface area contributed by atoms with E-state index in [4.69, 9.17) is 5.73 Å². The number of carbonyl (C=O) groups excluding carboxylic acids is 5. The van der Waals surface area contributed by atoms with Crippen LogP contribution in [0, 0.1) is 23.7 Å². The Morgan fingerprint density at radius 3 is 2.30 bits per heavy atom. The van der Waals surface area contributed by atoms with Crippen molar-refractivity contribution in [1.29, 1.82) is 0 Å². The maximum Gasteiger partial charge on any atom is 0.235 e. The van der Waals surface area contributed by atoms with E-state index in [9.17, 15) is 39.3 Å². The van der Waals surface area contributed by atoms with Gasteiger partial charge in [0, 0.05) is 11.5 Å². The van der Waals surface area contributed by atoms with Gasteiger partial charge in [0.05, 0.1) is 29.5 Å². The third-order valence-corrected chi connectivity index (χ3v) is 10.1. The topological polar surface area (TPSA) is 175 Å². The van der Waals surface area contributed by atoms with Gasteiger partial charge in [-0.3, -0.25) is 28.9 Å². The van der Waals surface area contributed by atoms with Crippen LogP contribution in [0.15, 0.2) is 42.5 Å². The van der Waals surface area contributed by atoms with E-state index in [0.717, 1.165) is 19.3 Å². The lowest BCUT2D eigenvalue weighted by atomic mass is 9.51. The number of aromatic hydroxyl groups is 1. The van der Waals surface area contributed by atoms with Crippen molar-refractivity contribution in [2.75, 3.05) is 14.1 Å². The number of hydrogen-bond donors (Lipinski definition) is 4. The Balaban J connectivity index is 1.48. The number of carbonyl (C=O) groups is 5. The molecule has 2 aromatic rings. The van der Waals surface area contributed by atoms with Gasteiger partial charge in [0.2, 0.25) is 5.91 Å². The molecule has 0 bridgehead atoms. The molecule has 0 saturated heterocycles. The van der Waals surface area contributed by atoms with Crippen LogP contribution in [-0.4, -0.2) is 81.1 Å². The Hall–Kier alpha value is -3.73. The zero-order valence-corrected chi connectivity index (χ0v) is 25.4. The molecular formula is C34H40N2O8. The molecule has 2 fully saturated rings.